The highest BCUT2D eigenvalue weighted by Gasteiger charge is 2.30. The number of nitrogens with one attached hydrogen (secondary N) is 1. The van der Waals surface area contributed by atoms with Crippen molar-refractivity contribution in [2.24, 2.45) is 0 Å². The van der Waals surface area contributed by atoms with Crippen molar-refractivity contribution >= 4 is 11.7 Å². The molecule has 2 amide bonds. The number of carbonyl (C=O) groups excluding carboxylic acids is 1. The van der Waals surface area contributed by atoms with Crippen LogP contribution in [-0.2, 0) is 6.54 Å². The van der Waals surface area contributed by atoms with Crippen molar-refractivity contribution in [1.82, 2.24) is 9.47 Å². The van der Waals surface area contributed by atoms with Crippen LogP contribution in [0.5, 0.6) is 11.5 Å². The van der Waals surface area contributed by atoms with Gasteiger partial charge < -0.3 is 24.3 Å². The molecule has 1 N–H and O–H groups in total. The van der Waals surface area contributed by atoms with Crippen LogP contribution in [-0.4, -0.2) is 36.3 Å². The molecule has 3 rings (SSSR count). The van der Waals surface area contributed by atoms with Gasteiger partial charge in [0.05, 0.1) is 25.9 Å². The molecule has 0 unspecified atom stereocenters. The monoisotopic (exact) mass is 343 g/mol. The molecule has 6 nitrogen and oxygen atoms in total. The molecule has 0 saturated carbocycles. The average molecular weight is 343 g/mol. The first-order valence-corrected chi connectivity index (χ1v) is 8.54. The number of anilines is 1. The maximum absolute atomic E-state index is 12.9. The van der Waals surface area contributed by atoms with Gasteiger partial charge in [-0.2, -0.15) is 0 Å². The second-order valence-corrected chi connectivity index (χ2v) is 6.17. The Labute approximate surface area is 148 Å². The Morgan fingerprint density at radius 2 is 2.00 bits per heavy atom. The van der Waals surface area contributed by atoms with E-state index >= 15 is 0 Å². The number of benzene rings is 1. The molecule has 2 aromatic rings. The SMILES string of the molecule is CC[C@H]1c2ccc(C)n2CCN1C(=O)Nc1cc(OC)ccc1OC. The highest BCUT2D eigenvalue weighted by Crippen LogP contribution is 2.33. The number of hydrogen-bond donors (Lipinski definition) is 1. The Morgan fingerprint density at radius 3 is 2.68 bits per heavy atom. The van der Waals surface area contributed by atoms with E-state index < -0.39 is 0 Å². The van der Waals surface area contributed by atoms with E-state index in [1.807, 2.05) is 4.90 Å². The van der Waals surface area contributed by atoms with Gasteiger partial charge in [-0.1, -0.05) is 6.92 Å². The lowest BCUT2D eigenvalue weighted by atomic mass is 10.1. The van der Waals surface area contributed by atoms with Gasteiger partial charge in [0.15, 0.2) is 0 Å². The van der Waals surface area contributed by atoms with Gasteiger partial charge in [-0.15, -0.1) is 0 Å². The Bertz CT molecular complexity index is 769. The molecule has 0 aliphatic carbocycles. The molecule has 1 aromatic carbocycles. The molecule has 25 heavy (non-hydrogen) atoms. The number of hydrogen-bond acceptors (Lipinski definition) is 3. The Morgan fingerprint density at radius 1 is 1.20 bits per heavy atom. The van der Waals surface area contributed by atoms with Crippen LogP contribution in [0.3, 0.4) is 0 Å². The predicted octanol–water partition coefficient (Wildman–Crippen LogP) is 3.81. The number of aryl methyl sites for hydroxylation is 1. The third-order valence-electron chi connectivity index (χ3n) is 4.81. The van der Waals surface area contributed by atoms with Crippen molar-refractivity contribution in [1.29, 1.82) is 0 Å². The van der Waals surface area contributed by atoms with Gasteiger partial charge in [-0.25, -0.2) is 4.79 Å². The van der Waals surface area contributed by atoms with Crippen LogP contribution < -0.4 is 14.8 Å². The fraction of sp³-hybridized carbons (Fsp3) is 0.421. The second-order valence-electron chi connectivity index (χ2n) is 6.17. The van der Waals surface area contributed by atoms with Crippen molar-refractivity contribution < 1.29 is 14.3 Å². The number of fused-ring (bicyclic) bond motifs is 1. The summed E-state index contributed by atoms with van der Waals surface area (Å²) in [4.78, 5) is 14.8. The summed E-state index contributed by atoms with van der Waals surface area (Å²) in [6.07, 6.45) is 0.867. The van der Waals surface area contributed by atoms with Crippen LogP contribution in [0.4, 0.5) is 10.5 Å². The molecule has 0 fully saturated rings. The molecular weight excluding hydrogens is 318 g/mol. The normalized spacial score (nSPS) is 16.3. The lowest BCUT2D eigenvalue weighted by Gasteiger charge is -2.37. The largest absolute Gasteiger partial charge is 0.497 e. The first-order chi connectivity index (χ1) is 12.1. The van der Waals surface area contributed by atoms with Gasteiger partial charge in [0.1, 0.15) is 11.5 Å². The number of aromatic nitrogens is 1. The van der Waals surface area contributed by atoms with Gasteiger partial charge >= 0.3 is 6.03 Å². The lowest BCUT2D eigenvalue weighted by molar-refractivity contribution is 0.165. The van der Waals surface area contributed by atoms with Crippen LogP contribution in [0.1, 0.15) is 30.8 Å². The summed E-state index contributed by atoms with van der Waals surface area (Å²) in [6.45, 7) is 5.70. The maximum Gasteiger partial charge on any atom is 0.322 e. The summed E-state index contributed by atoms with van der Waals surface area (Å²) in [5.74, 6) is 1.28. The summed E-state index contributed by atoms with van der Waals surface area (Å²) in [7, 11) is 3.19. The van der Waals surface area contributed by atoms with Crippen molar-refractivity contribution in [2.45, 2.75) is 32.9 Å². The lowest BCUT2D eigenvalue weighted by Crippen LogP contribution is -2.44. The van der Waals surface area contributed by atoms with Crippen molar-refractivity contribution in [3.05, 3.63) is 41.7 Å². The van der Waals surface area contributed by atoms with E-state index in [0.717, 1.165) is 13.0 Å². The minimum atomic E-state index is -0.122. The molecule has 1 aliphatic rings. The number of rotatable bonds is 4. The number of ether oxygens (including phenoxy) is 2. The summed E-state index contributed by atoms with van der Waals surface area (Å²) in [6, 6.07) is 9.55. The van der Waals surface area contributed by atoms with Crippen LogP contribution in [0, 0.1) is 6.92 Å². The van der Waals surface area contributed by atoms with Crippen molar-refractivity contribution in [3.8, 4) is 11.5 Å². The van der Waals surface area contributed by atoms with Crippen LogP contribution in [0.2, 0.25) is 0 Å². The van der Waals surface area contributed by atoms with Crippen molar-refractivity contribution in [3.63, 3.8) is 0 Å². The highest BCUT2D eigenvalue weighted by molar-refractivity contribution is 5.91. The van der Waals surface area contributed by atoms with E-state index in [0.29, 0.717) is 23.7 Å². The van der Waals surface area contributed by atoms with Gasteiger partial charge in [-0.05, 0) is 37.6 Å². The average Bonchev–Trinajstić information content (AvgIpc) is 3.01. The van der Waals surface area contributed by atoms with Crippen LogP contribution in [0.25, 0.3) is 0 Å². The van der Waals surface area contributed by atoms with Gasteiger partial charge in [0.25, 0.3) is 0 Å². The molecule has 0 spiro atoms. The molecule has 0 radical (unpaired) electrons. The van der Waals surface area contributed by atoms with Crippen LogP contribution in [0.15, 0.2) is 30.3 Å². The van der Waals surface area contributed by atoms with E-state index in [2.05, 4.69) is 35.9 Å². The predicted molar refractivity (Wildman–Crippen MR) is 97.5 cm³/mol. The smallest absolute Gasteiger partial charge is 0.322 e. The molecule has 1 aromatic heterocycles. The molecule has 1 atom stereocenters. The highest BCUT2D eigenvalue weighted by atomic mass is 16.5. The third-order valence-corrected chi connectivity index (χ3v) is 4.81. The zero-order valence-corrected chi connectivity index (χ0v) is 15.2. The van der Waals surface area contributed by atoms with Gasteiger partial charge in [0, 0.05) is 30.5 Å². The Kier molecular flexibility index (Phi) is 4.88. The number of nitrogens with zero attached hydrogens (tertiary/aromatic N) is 2. The van der Waals surface area contributed by atoms with Gasteiger partial charge in [0.2, 0.25) is 0 Å². The number of methoxy groups -OCH3 is 2. The summed E-state index contributed by atoms with van der Waals surface area (Å²) in [5.41, 5.74) is 3.04. The Balaban J connectivity index is 1.84. The van der Waals surface area contributed by atoms with E-state index in [1.165, 1.54) is 11.4 Å². The number of urea groups is 1. The maximum atomic E-state index is 12.9. The standard InChI is InChI=1S/C19H25N3O3/c1-5-16-17-8-6-13(2)21(17)10-11-22(16)19(23)20-15-12-14(24-3)7-9-18(15)25-4/h6-9,12,16H,5,10-11H2,1-4H3,(H,20,23)/t16-/m0/s1. The fourth-order valence-corrected chi connectivity index (χ4v) is 3.48. The second kappa shape index (κ2) is 7.09. The minimum Gasteiger partial charge on any atom is -0.497 e. The zero-order valence-electron chi connectivity index (χ0n) is 15.2. The zero-order chi connectivity index (χ0) is 18.0. The number of amides is 2. The van der Waals surface area contributed by atoms with Gasteiger partial charge in [-0.3, -0.25) is 0 Å². The minimum absolute atomic E-state index is 0.0686. The summed E-state index contributed by atoms with van der Waals surface area (Å²) >= 11 is 0. The van der Waals surface area contributed by atoms with E-state index in [-0.39, 0.29) is 12.1 Å². The first kappa shape index (κ1) is 17.2. The molecule has 0 bridgehead atoms. The summed E-state index contributed by atoms with van der Waals surface area (Å²) < 4.78 is 12.9. The molecule has 134 valence electrons. The number of carbonyl (C=O) groups is 1. The van der Waals surface area contributed by atoms with E-state index in [1.54, 1.807) is 32.4 Å². The molecule has 0 saturated heterocycles. The molecule has 6 heteroatoms. The Hall–Kier alpha value is -2.63. The molecule has 1 aliphatic heterocycles. The molecule has 2 heterocycles. The van der Waals surface area contributed by atoms with E-state index in [9.17, 15) is 4.79 Å². The summed E-state index contributed by atoms with van der Waals surface area (Å²) in [5, 5.41) is 2.98. The molecular formula is C19H25N3O3. The van der Waals surface area contributed by atoms with Crippen molar-refractivity contribution in [2.75, 3.05) is 26.1 Å². The topological polar surface area (TPSA) is 55.7 Å². The van der Waals surface area contributed by atoms with E-state index in [4.69, 9.17) is 9.47 Å². The first-order valence-electron chi connectivity index (χ1n) is 8.54. The fourth-order valence-electron chi connectivity index (χ4n) is 3.48. The van der Waals surface area contributed by atoms with Crippen LogP contribution >= 0.6 is 0 Å². The quantitative estimate of drug-likeness (QED) is 0.918. The third kappa shape index (κ3) is 3.16.